The number of carbonyl (C=O) groups is 1. The van der Waals surface area contributed by atoms with Crippen LogP contribution < -0.4 is 0 Å². The fraction of sp³-hybridized carbons (Fsp3) is 0.414. The van der Waals surface area contributed by atoms with Gasteiger partial charge in [-0.25, -0.2) is 0 Å². The Balaban J connectivity index is 0.000000840. The van der Waals surface area contributed by atoms with Crippen LogP contribution in [0.15, 0.2) is 48.5 Å². The number of benzene rings is 2. The highest BCUT2D eigenvalue weighted by atomic mass is 19.4. The molecule has 0 saturated heterocycles. The second kappa shape index (κ2) is 12.7. The Hall–Kier alpha value is -3.09. The van der Waals surface area contributed by atoms with Crippen LogP contribution in [0.1, 0.15) is 68.2 Å². The Morgan fingerprint density at radius 3 is 1.92 bits per heavy atom. The first-order valence-corrected chi connectivity index (χ1v) is 12.4. The predicted octanol–water partition coefficient (Wildman–Crippen LogP) is 7.99. The number of aromatic nitrogens is 2. The number of ketones is 1. The maximum atomic E-state index is 13.0. The van der Waals surface area contributed by atoms with E-state index in [9.17, 15) is 22.4 Å². The highest BCUT2D eigenvalue weighted by Gasteiger charge is 2.30. The number of alkyl halides is 4. The largest absolute Gasteiger partial charge is 0.416 e. The van der Waals surface area contributed by atoms with Gasteiger partial charge in [0.15, 0.2) is 0 Å². The lowest BCUT2D eigenvalue weighted by atomic mass is 9.88. The summed E-state index contributed by atoms with van der Waals surface area (Å²) in [6.45, 7) is 3.20. The first kappa shape index (κ1) is 27.5. The minimum atomic E-state index is -4.37. The summed E-state index contributed by atoms with van der Waals surface area (Å²) in [5, 5.41) is 9.04. The Bertz CT molecular complexity index is 1150. The van der Waals surface area contributed by atoms with Crippen molar-refractivity contribution < 1.29 is 22.4 Å². The van der Waals surface area contributed by atoms with Crippen LogP contribution in [-0.4, -0.2) is 22.7 Å². The number of rotatable bonds is 5. The van der Waals surface area contributed by atoms with Crippen LogP contribution in [0.25, 0.3) is 22.5 Å². The van der Waals surface area contributed by atoms with Gasteiger partial charge in [-0.2, -0.15) is 13.2 Å². The number of fused-ring (bicyclic) bond motifs is 1. The molecule has 0 atom stereocenters. The molecule has 0 saturated carbocycles. The number of hydrogen-bond acceptors (Lipinski definition) is 3. The van der Waals surface area contributed by atoms with Gasteiger partial charge in [0, 0.05) is 17.5 Å². The lowest BCUT2D eigenvalue weighted by Crippen LogP contribution is -2.09. The molecule has 1 aromatic heterocycles. The molecular formula is C29H32F4N2O. The van der Waals surface area contributed by atoms with Crippen LogP contribution in [0.5, 0.6) is 0 Å². The van der Waals surface area contributed by atoms with Crippen LogP contribution in [0, 0.1) is 0 Å². The quantitative estimate of drug-likeness (QED) is 0.334. The summed E-state index contributed by atoms with van der Waals surface area (Å²) in [4.78, 5) is 11.6. The van der Waals surface area contributed by atoms with Crippen LogP contribution in [0.3, 0.4) is 0 Å². The summed E-state index contributed by atoms with van der Waals surface area (Å²) >= 11 is 0. The van der Waals surface area contributed by atoms with Gasteiger partial charge in [0.1, 0.15) is 5.78 Å². The van der Waals surface area contributed by atoms with E-state index < -0.39 is 11.7 Å². The van der Waals surface area contributed by atoms with Crippen molar-refractivity contribution in [2.45, 2.75) is 71.4 Å². The van der Waals surface area contributed by atoms with E-state index in [0.717, 1.165) is 78.6 Å². The minimum Gasteiger partial charge on any atom is -0.300 e. The molecule has 192 valence electrons. The third-order valence-electron chi connectivity index (χ3n) is 6.12. The molecule has 0 N–H and O–H groups in total. The summed E-state index contributed by atoms with van der Waals surface area (Å²) in [5.41, 5.74) is 5.51. The molecular weight excluding hydrogens is 468 g/mol. The topological polar surface area (TPSA) is 42.9 Å². The molecule has 0 aliphatic heterocycles. The molecule has 7 heteroatoms. The van der Waals surface area contributed by atoms with E-state index in [1.165, 1.54) is 12.1 Å². The Morgan fingerprint density at radius 2 is 1.42 bits per heavy atom. The predicted molar refractivity (Wildman–Crippen MR) is 134 cm³/mol. The van der Waals surface area contributed by atoms with Crippen molar-refractivity contribution in [1.82, 2.24) is 10.2 Å². The van der Waals surface area contributed by atoms with Crippen LogP contribution in [-0.2, 0) is 30.2 Å². The van der Waals surface area contributed by atoms with E-state index in [1.54, 1.807) is 13.8 Å². The molecule has 4 rings (SSSR count). The summed E-state index contributed by atoms with van der Waals surface area (Å²) < 4.78 is 49.7. The van der Waals surface area contributed by atoms with Gasteiger partial charge in [0.05, 0.1) is 23.6 Å². The van der Waals surface area contributed by atoms with Crippen molar-refractivity contribution in [3.8, 4) is 22.5 Å². The van der Waals surface area contributed by atoms with E-state index in [4.69, 9.17) is 0 Å². The Morgan fingerprint density at radius 1 is 0.861 bits per heavy atom. The zero-order valence-corrected chi connectivity index (χ0v) is 20.8. The SMILES string of the molecule is CC(=O)Cc1cccc(-c2nnc(-c3ccc(C(F)(F)F)cc3)c3c2CCCCCC3)c1.CCCF. The van der Waals surface area contributed by atoms with Crippen molar-refractivity contribution in [3.05, 3.63) is 70.8 Å². The number of carbonyl (C=O) groups excluding carboxylic acids is 1. The van der Waals surface area contributed by atoms with Crippen LogP contribution >= 0.6 is 0 Å². The zero-order valence-electron chi connectivity index (χ0n) is 20.8. The number of halogens is 4. The Kier molecular flexibility index (Phi) is 9.73. The van der Waals surface area contributed by atoms with E-state index in [1.807, 2.05) is 24.3 Å². The standard InChI is InChI=1S/C26H25F3N2O.C3H7F/c1-17(32)15-18-7-6-8-20(16-18)25-23-10-5-3-2-4-9-22(23)24(30-31-25)19-11-13-21(14-12-19)26(27,28)29;1-2-3-4/h6-8,11-14,16H,2-5,9-10,15H2,1H3;2-3H2,1H3. The van der Waals surface area contributed by atoms with Gasteiger partial charge in [-0.3, -0.25) is 9.18 Å². The van der Waals surface area contributed by atoms with Gasteiger partial charge in [0.2, 0.25) is 0 Å². The first-order chi connectivity index (χ1) is 17.2. The van der Waals surface area contributed by atoms with Gasteiger partial charge in [-0.05, 0) is 73.9 Å². The fourth-order valence-electron chi connectivity index (χ4n) is 4.40. The number of Topliss-reactive ketones (excluding diaryl/α,β-unsaturated/α-hetero) is 1. The highest BCUT2D eigenvalue weighted by Crippen LogP contribution is 2.36. The monoisotopic (exact) mass is 500 g/mol. The molecule has 1 heterocycles. The number of nitrogens with zero attached hydrogens (tertiary/aromatic N) is 2. The Labute approximate surface area is 210 Å². The maximum Gasteiger partial charge on any atom is 0.416 e. The van der Waals surface area contributed by atoms with Crippen LogP contribution in [0.2, 0.25) is 0 Å². The molecule has 36 heavy (non-hydrogen) atoms. The summed E-state index contributed by atoms with van der Waals surface area (Å²) in [6.07, 6.45) is 2.63. The van der Waals surface area contributed by atoms with Crippen LogP contribution in [0.4, 0.5) is 17.6 Å². The van der Waals surface area contributed by atoms with Gasteiger partial charge < -0.3 is 0 Å². The lowest BCUT2D eigenvalue weighted by Gasteiger charge is -2.20. The molecule has 0 spiro atoms. The summed E-state index contributed by atoms with van der Waals surface area (Å²) in [5.74, 6) is 0.0983. The average molecular weight is 501 g/mol. The van der Waals surface area contributed by atoms with Crippen molar-refractivity contribution in [2.24, 2.45) is 0 Å². The molecule has 0 unspecified atom stereocenters. The molecule has 3 aromatic rings. The fourth-order valence-corrected chi connectivity index (χ4v) is 4.40. The third kappa shape index (κ3) is 7.21. The smallest absolute Gasteiger partial charge is 0.300 e. The molecule has 0 radical (unpaired) electrons. The average Bonchev–Trinajstić information content (AvgIpc) is 2.83. The van der Waals surface area contributed by atoms with E-state index >= 15 is 0 Å². The van der Waals surface area contributed by atoms with Gasteiger partial charge >= 0.3 is 6.18 Å². The van der Waals surface area contributed by atoms with Crippen molar-refractivity contribution in [2.75, 3.05) is 6.67 Å². The molecule has 0 amide bonds. The second-order valence-corrected chi connectivity index (χ2v) is 9.11. The van der Waals surface area contributed by atoms with Crippen molar-refractivity contribution >= 4 is 5.78 Å². The molecule has 1 aliphatic rings. The number of hydrogen-bond donors (Lipinski definition) is 0. The summed E-state index contributed by atoms with van der Waals surface area (Å²) in [6, 6.07) is 13.0. The molecule has 1 aliphatic carbocycles. The van der Waals surface area contributed by atoms with Gasteiger partial charge in [0.25, 0.3) is 0 Å². The minimum absolute atomic E-state index is 0.0983. The van der Waals surface area contributed by atoms with E-state index in [0.29, 0.717) is 24.1 Å². The van der Waals surface area contributed by atoms with E-state index in [-0.39, 0.29) is 12.5 Å². The highest BCUT2D eigenvalue weighted by molar-refractivity contribution is 5.79. The van der Waals surface area contributed by atoms with Crippen molar-refractivity contribution in [1.29, 1.82) is 0 Å². The lowest BCUT2D eigenvalue weighted by molar-refractivity contribution is -0.137. The molecule has 2 aromatic carbocycles. The van der Waals surface area contributed by atoms with E-state index in [2.05, 4.69) is 10.2 Å². The second-order valence-electron chi connectivity index (χ2n) is 9.11. The van der Waals surface area contributed by atoms with Gasteiger partial charge in [-0.1, -0.05) is 50.1 Å². The maximum absolute atomic E-state index is 13.0. The molecule has 0 bridgehead atoms. The third-order valence-corrected chi connectivity index (χ3v) is 6.12. The van der Waals surface area contributed by atoms with Gasteiger partial charge in [-0.15, -0.1) is 10.2 Å². The first-order valence-electron chi connectivity index (χ1n) is 12.4. The molecule has 0 fully saturated rings. The molecule has 3 nitrogen and oxygen atoms in total. The summed E-state index contributed by atoms with van der Waals surface area (Å²) in [7, 11) is 0. The normalized spacial score (nSPS) is 13.6. The zero-order chi connectivity index (χ0) is 26.1. The van der Waals surface area contributed by atoms with Crippen molar-refractivity contribution in [3.63, 3.8) is 0 Å².